The Morgan fingerprint density at radius 1 is 1.35 bits per heavy atom. The SMILES string of the molecule is C[C@@H](N)C(=O)NCc1ccc(C(=O)N2CCNC(=O)C2)cc1.Cl. The first-order chi connectivity index (χ1) is 10.5. The lowest BCUT2D eigenvalue weighted by Crippen LogP contribution is -2.49. The van der Waals surface area contributed by atoms with Crippen molar-refractivity contribution in [3.63, 3.8) is 0 Å². The topological polar surface area (TPSA) is 105 Å². The van der Waals surface area contributed by atoms with E-state index in [0.717, 1.165) is 5.56 Å². The average Bonchev–Trinajstić information content (AvgIpc) is 2.52. The third kappa shape index (κ3) is 5.22. The molecule has 0 radical (unpaired) electrons. The molecule has 1 aromatic carbocycles. The fourth-order valence-electron chi connectivity index (χ4n) is 2.11. The first-order valence-electron chi connectivity index (χ1n) is 7.15. The number of nitrogens with one attached hydrogen (secondary N) is 2. The molecule has 1 aliphatic rings. The van der Waals surface area contributed by atoms with Crippen LogP contribution in [0.15, 0.2) is 24.3 Å². The van der Waals surface area contributed by atoms with Crippen molar-refractivity contribution < 1.29 is 14.4 Å². The van der Waals surface area contributed by atoms with Crippen molar-refractivity contribution in [3.8, 4) is 0 Å². The zero-order valence-electron chi connectivity index (χ0n) is 12.9. The second-order valence-electron chi connectivity index (χ2n) is 5.28. The second kappa shape index (κ2) is 8.50. The van der Waals surface area contributed by atoms with Crippen LogP contribution in [0.1, 0.15) is 22.8 Å². The number of rotatable bonds is 4. The highest BCUT2D eigenvalue weighted by Crippen LogP contribution is 2.09. The van der Waals surface area contributed by atoms with Gasteiger partial charge in [0.2, 0.25) is 11.8 Å². The first-order valence-corrected chi connectivity index (χ1v) is 7.15. The molecular weight excluding hydrogens is 320 g/mol. The highest BCUT2D eigenvalue weighted by atomic mass is 35.5. The Balaban J connectivity index is 0.00000264. The standard InChI is InChI=1S/C15H20N4O3.ClH/c1-10(16)14(21)18-8-11-2-4-12(5-3-11)15(22)19-7-6-17-13(20)9-19;/h2-5,10H,6-9,16H2,1H3,(H,17,20)(H,18,21);1H/t10-;/m1./s1. The van der Waals surface area contributed by atoms with Crippen LogP contribution in [0.4, 0.5) is 0 Å². The van der Waals surface area contributed by atoms with E-state index >= 15 is 0 Å². The van der Waals surface area contributed by atoms with Crippen LogP contribution >= 0.6 is 12.4 Å². The molecule has 0 aromatic heterocycles. The minimum Gasteiger partial charge on any atom is -0.353 e. The second-order valence-corrected chi connectivity index (χ2v) is 5.28. The number of halogens is 1. The highest BCUT2D eigenvalue weighted by molar-refractivity contribution is 5.97. The number of nitrogens with two attached hydrogens (primary N) is 1. The maximum absolute atomic E-state index is 12.3. The van der Waals surface area contributed by atoms with E-state index in [9.17, 15) is 14.4 Å². The molecule has 0 saturated carbocycles. The van der Waals surface area contributed by atoms with Gasteiger partial charge in [0.05, 0.1) is 12.6 Å². The number of carbonyl (C=O) groups is 3. The van der Waals surface area contributed by atoms with Crippen LogP contribution in [0.3, 0.4) is 0 Å². The van der Waals surface area contributed by atoms with Crippen molar-refractivity contribution in [2.24, 2.45) is 5.73 Å². The predicted molar refractivity (Wildman–Crippen MR) is 88.1 cm³/mol. The predicted octanol–water partition coefficient (Wildman–Crippen LogP) is -0.356. The highest BCUT2D eigenvalue weighted by Gasteiger charge is 2.22. The van der Waals surface area contributed by atoms with Crippen LogP contribution in [-0.4, -0.2) is 48.3 Å². The summed E-state index contributed by atoms with van der Waals surface area (Å²) < 4.78 is 0. The Bertz CT molecular complexity index is 575. The maximum atomic E-state index is 12.3. The van der Waals surface area contributed by atoms with Crippen LogP contribution in [0.25, 0.3) is 0 Å². The monoisotopic (exact) mass is 340 g/mol. The quantitative estimate of drug-likeness (QED) is 0.696. The number of piperazine rings is 1. The molecule has 7 nitrogen and oxygen atoms in total. The summed E-state index contributed by atoms with van der Waals surface area (Å²) in [6.07, 6.45) is 0. The Kier molecular flexibility index (Phi) is 6.99. The molecule has 1 atom stereocenters. The number of nitrogens with zero attached hydrogens (tertiary/aromatic N) is 1. The molecule has 0 aliphatic carbocycles. The molecule has 3 amide bonds. The zero-order valence-corrected chi connectivity index (χ0v) is 13.7. The lowest BCUT2D eigenvalue weighted by molar-refractivity contribution is -0.123. The van der Waals surface area contributed by atoms with E-state index in [4.69, 9.17) is 5.73 Å². The zero-order chi connectivity index (χ0) is 16.1. The minimum absolute atomic E-state index is 0. The van der Waals surface area contributed by atoms with E-state index in [1.54, 1.807) is 31.2 Å². The molecule has 1 heterocycles. The fourth-order valence-corrected chi connectivity index (χ4v) is 2.11. The maximum Gasteiger partial charge on any atom is 0.254 e. The molecule has 1 saturated heterocycles. The molecule has 0 spiro atoms. The number of hydrogen-bond acceptors (Lipinski definition) is 4. The van der Waals surface area contributed by atoms with Gasteiger partial charge in [-0.3, -0.25) is 14.4 Å². The van der Waals surface area contributed by atoms with Gasteiger partial charge in [0.1, 0.15) is 0 Å². The summed E-state index contributed by atoms with van der Waals surface area (Å²) in [6, 6.07) is 6.40. The Labute approximate surface area is 141 Å². The Morgan fingerprint density at radius 3 is 2.57 bits per heavy atom. The van der Waals surface area contributed by atoms with Crippen LogP contribution in [0.2, 0.25) is 0 Å². The van der Waals surface area contributed by atoms with E-state index in [1.807, 2.05) is 0 Å². The molecule has 1 aliphatic heterocycles. The summed E-state index contributed by atoms with van der Waals surface area (Å²) in [6.45, 7) is 3.06. The van der Waals surface area contributed by atoms with Crippen LogP contribution < -0.4 is 16.4 Å². The molecule has 126 valence electrons. The largest absolute Gasteiger partial charge is 0.353 e. The molecular formula is C15H21ClN4O3. The number of amides is 3. The molecule has 8 heteroatoms. The van der Waals surface area contributed by atoms with E-state index < -0.39 is 6.04 Å². The van der Waals surface area contributed by atoms with Gasteiger partial charge in [0, 0.05) is 25.2 Å². The molecule has 1 fully saturated rings. The van der Waals surface area contributed by atoms with Gasteiger partial charge in [-0.05, 0) is 24.6 Å². The first kappa shape index (κ1) is 18.9. The third-order valence-electron chi connectivity index (χ3n) is 3.41. The van der Waals surface area contributed by atoms with Crippen molar-refractivity contribution in [2.75, 3.05) is 19.6 Å². The van der Waals surface area contributed by atoms with Crippen molar-refractivity contribution >= 4 is 30.1 Å². The van der Waals surface area contributed by atoms with Crippen LogP contribution in [0.5, 0.6) is 0 Å². The van der Waals surface area contributed by atoms with Crippen LogP contribution in [-0.2, 0) is 16.1 Å². The summed E-state index contributed by atoms with van der Waals surface area (Å²) >= 11 is 0. The smallest absolute Gasteiger partial charge is 0.254 e. The number of hydrogen-bond donors (Lipinski definition) is 3. The Hall–Kier alpha value is -2.12. The van der Waals surface area contributed by atoms with Crippen molar-refractivity contribution in [3.05, 3.63) is 35.4 Å². The molecule has 23 heavy (non-hydrogen) atoms. The summed E-state index contributed by atoms with van der Waals surface area (Å²) in [7, 11) is 0. The van der Waals surface area contributed by atoms with E-state index in [1.165, 1.54) is 4.90 Å². The summed E-state index contributed by atoms with van der Waals surface area (Å²) in [4.78, 5) is 36.5. The van der Waals surface area contributed by atoms with Crippen molar-refractivity contribution in [1.29, 1.82) is 0 Å². The van der Waals surface area contributed by atoms with Crippen molar-refractivity contribution in [2.45, 2.75) is 19.5 Å². The van der Waals surface area contributed by atoms with Gasteiger partial charge < -0.3 is 21.3 Å². The van der Waals surface area contributed by atoms with E-state index in [0.29, 0.717) is 25.2 Å². The minimum atomic E-state index is -0.550. The van der Waals surface area contributed by atoms with Gasteiger partial charge >= 0.3 is 0 Å². The van der Waals surface area contributed by atoms with Crippen molar-refractivity contribution in [1.82, 2.24) is 15.5 Å². The average molecular weight is 341 g/mol. The normalized spacial score (nSPS) is 15.2. The van der Waals surface area contributed by atoms with E-state index in [-0.39, 0.29) is 36.7 Å². The summed E-state index contributed by atoms with van der Waals surface area (Å²) in [5, 5.41) is 5.38. The third-order valence-corrected chi connectivity index (χ3v) is 3.41. The molecule has 4 N–H and O–H groups in total. The van der Waals surface area contributed by atoms with Gasteiger partial charge in [-0.1, -0.05) is 12.1 Å². The lowest BCUT2D eigenvalue weighted by Gasteiger charge is -2.26. The molecule has 0 unspecified atom stereocenters. The molecule has 1 aromatic rings. The molecule has 2 rings (SSSR count). The number of carbonyl (C=O) groups excluding carboxylic acids is 3. The van der Waals surface area contributed by atoms with Gasteiger partial charge in [0.15, 0.2) is 0 Å². The van der Waals surface area contributed by atoms with Crippen LogP contribution in [0, 0.1) is 0 Å². The van der Waals surface area contributed by atoms with Gasteiger partial charge in [-0.15, -0.1) is 12.4 Å². The molecule has 0 bridgehead atoms. The summed E-state index contributed by atoms with van der Waals surface area (Å²) in [5.41, 5.74) is 6.86. The fraction of sp³-hybridized carbons (Fsp3) is 0.400. The Morgan fingerprint density at radius 2 is 2.00 bits per heavy atom. The number of benzene rings is 1. The van der Waals surface area contributed by atoms with Gasteiger partial charge in [0.25, 0.3) is 5.91 Å². The lowest BCUT2D eigenvalue weighted by atomic mass is 10.1. The van der Waals surface area contributed by atoms with E-state index in [2.05, 4.69) is 10.6 Å². The van der Waals surface area contributed by atoms with Gasteiger partial charge in [-0.2, -0.15) is 0 Å². The van der Waals surface area contributed by atoms with Gasteiger partial charge in [-0.25, -0.2) is 0 Å². The summed E-state index contributed by atoms with van der Waals surface area (Å²) in [5.74, 6) is -0.532.